The van der Waals surface area contributed by atoms with Crippen LogP contribution in [0.3, 0.4) is 0 Å². The van der Waals surface area contributed by atoms with E-state index in [0.29, 0.717) is 5.92 Å². The number of nitrogens with one attached hydrogen (secondary N) is 1. The highest BCUT2D eigenvalue weighted by Gasteiger charge is 2.32. The molecular weight excluding hydrogens is 302 g/mol. The molecule has 1 aliphatic heterocycles. The molecule has 0 saturated carbocycles. The summed E-state index contributed by atoms with van der Waals surface area (Å²) in [7, 11) is 0. The molecule has 2 unspecified atom stereocenters. The predicted molar refractivity (Wildman–Crippen MR) is 95.2 cm³/mol. The van der Waals surface area contributed by atoms with E-state index in [1.165, 1.54) is 11.1 Å². The number of carbonyl (C=O) groups excluding carboxylic acids is 1. The van der Waals surface area contributed by atoms with Crippen molar-refractivity contribution < 1.29 is 9.53 Å². The zero-order chi connectivity index (χ0) is 17.5. The molecule has 0 radical (unpaired) electrons. The minimum absolute atomic E-state index is 0.176. The highest BCUT2D eigenvalue weighted by atomic mass is 16.6. The van der Waals surface area contributed by atoms with Crippen LogP contribution < -0.4 is 0 Å². The number of likely N-dealkylation sites (tertiary alicyclic amines) is 1. The fourth-order valence-corrected chi connectivity index (χ4v) is 3.61. The summed E-state index contributed by atoms with van der Waals surface area (Å²) in [6.07, 6.45) is 3.58. The second-order valence-corrected chi connectivity index (χ2v) is 7.91. The Morgan fingerprint density at radius 1 is 1.38 bits per heavy atom. The maximum Gasteiger partial charge on any atom is 0.410 e. The Kier molecular flexibility index (Phi) is 4.28. The largest absolute Gasteiger partial charge is 0.444 e. The van der Waals surface area contributed by atoms with E-state index in [1.54, 1.807) is 0 Å². The number of aromatic amines is 1. The van der Waals surface area contributed by atoms with Crippen LogP contribution in [0.25, 0.3) is 10.9 Å². The normalized spacial score (nSPS) is 22.0. The van der Waals surface area contributed by atoms with Crippen LogP contribution in [-0.4, -0.2) is 39.4 Å². The number of carbonyl (C=O) groups is 1. The van der Waals surface area contributed by atoms with Crippen LogP contribution in [0, 0.1) is 6.92 Å². The standard InChI is InChI=1S/C19H27N3O2/c1-12-8-15-11-20-21-17(15)10-16(12)14-6-7-22(13(2)9-14)18(23)24-19(3,4)5/h8,10-11,13-14H,6-7,9H2,1-5H3,(H,20,21). The minimum Gasteiger partial charge on any atom is -0.444 e. The Balaban J connectivity index is 1.74. The Hall–Kier alpha value is -2.04. The summed E-state index contributed by atoms with van der Waals surface area (Å²) in [5.74, 6) is 0.464. The molecule has 2 heterocycles. The van der Waals surface area contributed by atoms with E-state index >= 15 is 0 Å². The number of aryl methyl sites for hydroxylation is 1. The molecule has 3 rings (SSSR count). The molecule has 1 N–H and O–H groups in total. The average molecular weight is 329 g/mol. The quantitative estimate of drug-likeness (QED) is 0.845. The van der Waals surface area contributed by atoms with Gasteiger partial charge in [0, 0.05) is 18.0 Å². The third-order valence-corrected chi connectivity index (χ3v) is 4.77. The van der Waals surface area contributed by atoms with Crippen molar-refractivity contribution in [3.63, 3.8) is 0 Å². The highest BCUT2D eigenvalue weighted by molar-refractivity contribution is 5.80. The number of nitrogens with zero attached hydrogens (tertiary/aromatic N) is 2. The number of hydrogen-bond acceptors (Lipinski definition) is 3. The molecule has 2 aromatic rings. The molecule has 1 aliphatic rings. The van der Waals surface area contributed by atoms with Gasteiger partial charge in [-0.1, -0.05) is 0 Å². The fourth-order valence-electron chi connectivity index (χ4n) is 3.61. The Labute approximate surface area is 143 Å². The highest BCUT2D eigenvalue weighted by Crippen LogP contribution is 2.35. The first kappa shape index (κ1) is 16.8. The number of benzene rings is 1. The van der Waals surface area contributed by atoms with E-state index in [2.05, 4.69) is 36.2 Å². The van der Waals surface area contributed by atoms with Crippen molar-refractivity contribution in [3.8, 4) is 0 Å². The van der Waals surface area contributed by atoms with E-state index in [-0.39, 0.29) is 12.1 Å². The number of hydrogen-bond donors (Lipinski definition) is 1. The van der Waals surface area contributed by atoms with Crippen LogP contribution in [0.2, 0.25) is 0 Å². The Bertz CT molecular complexity index is 745. The van der Waals surface area contributed by atoms with Crippen molar-refractivity contribution in [2.45, 2.75) is 65.0 Å². The van der Waals surface area contributed by atoms with Crippen LogP contribution in [0.4, 0.5) is 4.79 Å². The van der Waals surface area contributed by atoms with Crippen molar-refractivity contribution in [2.75, 3.05) is 6.54 Å². The number of aromatic nitrogens is 2. The summed E-state index contributed by atoms with van der Waals surface area (Å²) in [5, 5.41) is 8.32. The third-order valence-electron chi connectivity index (χ3n) is 4.77. The van der Waals surface area contributed by atoms with Gasteiger partial charge in [-0.15, -0.1) is 0 Å². The van der Waals surface area contributed by atoms with Crippen molar-refractivity contribution in [2.24, 2.45) is 0 Å². The lowest BCUT2D eigenvalue weighted by molar-refractivity contribution is 0.0103. The molecule has 5 heteroatoms. The van der Waals surface area contributed by atoms with Crippen molar-refractivity contribution in [1.82, 2.24) is 15.1 Å². The molecule has 1 aromatic heterocycles. The van der Waals surface area contributed by atoms with E-state index in [0.717, 1.165) is 30.3 Å². The number of piperidine rings is 1. The van der Waals surface area contributed by atoms with Crippen molar-refractivity contribution >= 4 is 17.0 Å². The van der Waals surface area contributed by atoms with Crippen LogP contribution in [0.15, 0.2) is 18.3 Å². The molecule has 1 amide bonds. The molecule has 2 atom stereocenters. The van der Waals surface area contributed by atoms with Gasteiger partial charge in [0.1, 0.15) is 5.60 Å². The summed E-state index contributed by atoms with van der Waals surface area (Å²) in [4.78, 5) is 14.2. The van der Waals surface area contributed by atoms with Gasteiger partial charge < -0.3 is 9.64 Å². The molecule has 0 bridgehead atoms. The first-order chi connectivity index (χ1) is 11.2. The van der Waals surface area contributed by atoms with Gasteiger partial charge in [-0.3, -0.25) is 5.10 Å². The summed E-state index contributed by atoms with van der Waals surface area (Å²) in [5.41, 5.74) is 3.29. The van der Waals surface area contributed by atoms with E-state index < -0.39 is 5.60 Å². The number of rotatable bonds is 1. The lowest BCUT2D eigenvalue weighted by Crippen LogP contribution is -2.46. The predicted octanol–water partition coefficient (Wildman–Crippen LogP) is 4.37. The van der Waals surface area contributed by atoms with E-state index in [1.807, 2.05) is 31.9 Å². The summed E-state index contributed by atoms with van der Waals surface area (Å²) < 4.78 is 5.53. The lowest BCUT2D eigenvalue weighted by Gasteiger charge is -2.38. The number of H-pyrrole nitrogens is 1. The van der Waals surface area contributed by atoms with Gasteiger partial charge in [-0.05, 0) is 76.6 Å². The van der Waals surface area contributed by atoms with Crippen LogP contribution in [0.1, 0.15) is 57.6 Å². The van der Waals surface area contributed by atoms with Gasteiger partial charge in [0.05, 0.1) is 11.7 Å². The molecular formula is C19H27N3O2. The second-order valence-electron chi connectivity index (χ2n) is 7.91. The molecule has 5 nitrogen and oxygen atoms in total. The topological polar surface area (TPSA) is 58.2 Å². The average Bonchev–Trinajstić information content (AvgIpc) is 2.91. The number of amides is 1. The SMILES string of the molecule is Cc1cc2cn[nH]c2cc1C1CCN(C(=O)OC(C)(C)C)C(C)C1. The van der Waals surface area contributed by atoms with Crippen molar-refractivity contribution in [1.29, 1.82) is 0 Å². The Morgan fingerprint density at radius 3 is 2.79 bits per heavy atom. The molecule has 0 spiro atoms. The lowest BCUT2D eigenvalue weighted by atomic mass is 9.83. The van der Waals surface area contributed by atoms with Gasteiger partial charge in [-0.2, -0.15) is 5.10 Å². The molecule has 0 aliphatic carbocycles. The van der Waals surface area contributed by atoms with Gasteiger partial charge in [0.25, 0.3) is 0 Å². The van der Waals surface area contributed by atoms with Gasteiger partial charge in [0.2, 0.25) is 0 Å². The number of ether oxygens (including phenoxy) is 1. The molecule has 1 aromatic carbocycles. The molecule has 24 heavy (non-hydrogen) atoms. The first-order valence-electron chi connectivity index (χ1n) is 8.68. The first-order valence-corrected chi connectivity index (χ1v) is 8.68. The summed E-state index contributed by atoms with van der Waals surface area (Å²) >= 11 is 0. The van der Waals surface area contributed by atoms with E-state index in [4.69, 9.17) is 4.74 Å². The summed E-state index contributed by atoms with van der Waals surface area (Å²) in [6.45, 7) is 10.7. The van der Waals surface area contributed by atoms with Crippen molar-refractivity contribution in [3.05, 3.63) is 29.5 Å². The number of fused-ring (bicyclic) bond motifs is 1. The van der Waals surface area contributed by atoms with Crippen LogP contribution >= 0.6 is 0 Å². The van der Waals surface area contributed by atoms with Crippen LogP contribution in [0.5, 0.6) is 0 Å². The summed E-state index contributed by atoms with van der Waals surface area (Å²) in [6, 6.07) is 4.59. The van der Waals surface area contributed by atoms with Crippen LogP contribution in [-0.2, 0) is 4.74 Å². The molecule has 1 fully saturated rings. The monoisotopic (exact) mass is 329 g/mol. The zero-order valence-electron chi connectivity index (χ0n) is 15.2. The maximum absolute atomic E-state index is 12.4. The smallest absolute Gasteiger partial charge is 0.410 e. The molecule has 130 valence electrons. The fraction of sp³-hybridized carbons (Fsp3) is 0.579. The Morgan fingerprint density at radius 2 is 2.12 bits per heavy atom. The minimum atomic E-state index is -0.449. The van der Waals surface area contributed by atoms with Gasteiger partial charge >= 0.3 is 6.09 Å². The second kappa shape index (κ2) is 6.11. The zero-order valence-corrected chi connectivity index (χ0v) is 15.2. The van der Waals surface area contributed by atoms with Gasteiger partial charge in [0.15, 0.2) is 0 Å². The maximum atomic E-state index is 12.4. The van der Waals surface area contributed by atoms with E-state index in [9.17, 15) is 4.79 Å². The van der Waals surface area contributed by atoms with Gasteiger partial charge in [-0.25, -0.2) is 4.79 Å². The third kappa shape index (κ3) is 3.40. The molecule has 1 saturated heterocycles.